The van der Waals surface area contributed by atoms with Crippen LogP contribution in [0.4, 0.5) is 0 Å². The van der Waals surface area contributed by atoms with Crippen molar-refractivity contribution in [1.29, 1.82) is 0 Å². The van der Waals surface area contributed by atoms with Crippen molar-refractivity contribution < 1.29 is 57.8 Å². The third kappa shape index (κ3) is 2.06. The summed E-state index contributed by atoms with van der Waals surface area (Å²) in [5, 5.41) is 18.8. The number of rotatable bonds is 3. The van der Waals surface area contributed by atoms with Crippen molar-refractivity contribution in [1.82, 2.24) is 4.90 Å². The van der Waals surface area contributed by atoms with Gasteiger partial charge in [0.25, 0.3) is 0 Å². The molecule has 2 saturated heterocycles. The molecule has 0 aromatic carbocycles. The Morgan fingerprint density at radius 1 is 1.63 bits per heavy atom. The zero-order valence-electron chi connectivity index (χ0n) is 10.6. The minimum Gasteiger partial charge on any atom is -0.548 e. The van der Waals surface area contributed by atoms with Gasteiger partial charge in [0.05, 0.1) is 25.0 Å². The summed E-state index contributed by atoms with van der Waals surface area (Å²) in [6.45, 7) is 0.810. The van der Waals surface area contributed by atoms with E-state index in [9.17, 15) is 23.1 Å². The molecule has 2 aliphatic heterocycles. The Morgan fingerprint density at radius 3 is 2.63 bits per heavy atom. The van der Waals surface area contributed by atoms with Crippen LogP contribution in [0.5, 0.6) is 0 Å². The van der Waals surface area contributed by atoms with E-state index >= 15 is 0 Å². The van der Waals surface area contributed by atoms with Crippen LogP contribution in [0.15, 0.2) is 12.2 Å². The molecule has 0 saturated carbocycles. The molecular weight excluding hydrogens is 285 g/mol. The predicted octanol–water partition coefficient (Wildman–Crippen LogP) is -5.60. The fourth-order valence-corrected chi connectivity index (χ4v) is 4.81. The van der Waals surface area contributed by atoms with Gasteiger partial charge in [-0.15, -0.1) is 0 Å². The van der Waals surface area contributed by atoms with Crippen LogP contribution in [0.3, 0.4) is 0 Å². The molecule has 0 bridgehead atoms. The fourth-order valence-electron chi connectivity index (χ4n) is 2.52. The Hall–Kier alpha value is -0.410. The average Bonchev–Trinajstić information content (AvgIpc) is 2.41. The summed E-state index contributed by atoms with van der Waals surface area (Å²) in [5.41, 5.74) is 0. The van der Waals surface area contributed by atoms with Gasteiger partial charge in [0.15, 0.2) is 9.84 Å². The van der Waals surface area contributed by atoms with E-state index in [0.29, 0.717) is 0 Å². The number of carboxylic acid groups (broad SMARTS) is 1. The van der Waals surface area contributed by atoms with Gasteiger partial charge in [-0.2, -0.15) is 0 Å². The van der Waals surface area contributed by atoms with Gasteiger partial charge in [-0.3, -0.25) is 4.79 Å². The van der Waals surface area contributed by atoms with Gasteiger partial charge in [0.2, 0.25) is 5.91 Å². The quantitative estimate of drug-likeness (QED) is 0.315. The third-order valence-electron chi connectivity index (χ3n) is 3.52. The largest absolute Gasteiger partial charge is 1.00 e. The second kappa shape index (κ2) is 5.17. The van der Waals surface area contributed by atoms with Gasteiger partial charge in [0.1, 0.15) is 10.1 Å². The van der Waals surface area contributed by atoms with E-state index in [4.69, 9.17) is 5.11 Å². The number of fused-ring (bicyclic) bond motifs is 1. The van der Waals surface area contributed by atoms with Gasteiger partial charge in [-0.25, -0.2) is 8.42 Å². The Bertz CT molecular complexity index is 544. The molecule has 9 heteroatoms. The molecule has 0 aromatic rings. The van der Waals surface area contributed by atoms with Crippen molar-refractivity contribution in [2.75, 3.05) is 6.61 Å². The standard InChI is InChI=1S/C10H13NO6S.Na/c1-10(3-2-4-12)8(9(14)15)11-6(13)5-7(11)18(10,16)17;/h2-3,7-8,12H,4-5H2,1H3,(H,14,15);/q;+1/p-1/t7-,8+,10+;/m1./s1. The number of hydrogen-bond acceptors (Lipinski definition) is 6. The van der Waals surface area contributed by atoms with Gasteiger partial charge >= 0.3 is 29.6 Å². The van der Waals surface area contributed by atoms with Gasteiger partial charge in [-0.05, 0) is 6.92 Å². The molecule has 1 N–H and O–H groups in total. The zero-order valence-corrected chi connectivity index (χ0v) is 13.4. The zero-order chi connectivity index (χ0) is 13.7. The van der Waals surface area contributed by atoms with Crippen molar-refractivity contribution >= 4 is 21.7 Å². The third-order valence-corrected chi connectivity index (χ3v) is 6.21. The maximum atomic E-state index is 12.2. The number of β-lactam (4-membered cyclic amide) rings is 1. The Labute approximate surface area is 132 Å². The first-order chi connectivity index (χ1) is 8.27. The number of aliphatic carboxylic acids is 1. The van der Waals surface area contributed by atoms with Crippen LogP contribution in [0.2, 0.25) is 0 Å². The molecule has 1 amide bonds. The Kier molecular flexibility index (Phi) is 4.53. The molecule has 3 atom stereocenters. The second-order valence-corrected chi connectivity index (χ2v) is 7.01. The molecule has 0 radical (unpaired) electrons. The summed E-state index contributed by atoms with van der Waals surface area (Å²) in [7, 11) is -3.84. The normalized spacial score (nSPS) is 35.7. The number of aliphatic hydroxyl groups is 1. The number of nitrogens with zero attached hydrogens (tertiary/aromatic N) is 1. The number of hydrogen-bond donors (Lipinski definition) is 1. The molecule has 2 heterocycles. The van der Waals surface area contributed by atoms with E-state index in [2.05, 4.69) is 0 Å². The first-order valence-corrected chi connectivity index (χ1v) is 6.86. The summed E-state index contributed by atoms with van der Waals surface area (Å²) < 4.78 is 22.7. The summed E-state index contributed by atoms with van der Waals surface area (Å²) >= 11 is 0. The number of sulfone groups is 1. The minimum atomic E-state index is -3.84. The summed E-state index contributed by atoms with van der Waals surface area (Å²) in [5.74, 6) is -2.13. The van der Waals surface area contributed by atoms with Crippen molar-refractivity contribution in [2.24, 2.45) is 0 Å². The SMILES string of the molecule is C[C@]1(C=CCO)[C@H](C(=O)[O-])N2C(=O)C[C@H]2S1(=O)=O.[Na+]. The Balaban J connectivity index is 0.00000180. The van der Waals surface area contributed by atoms with Crippen molar-refractivity contribution in [3.05, 3.63) is 12.2 Å². The summed E-state index contributed by atoms with van der Waals surface area (Å²) in [6.07, 6.45) is 2.08. The monoisotopic (exact) mass is 297 g/mol. The van der Waals surface area contributed by atoms with Gasteiger partial charge in [0, 0.05) is 0 Å². The first kappa shape index (κ1) is 16.6. The van der Waals surface area contributed by atoms with E-state index in [1.807, 2.05) is 0 Å². The van der Waals surface area contributed by atoms with Crippen LogP contribution < -0.4 is 34.7 Å². The number of carbonyl (C=O) groups excluding carboxylic acids is 2. The van der Waals surface area contributed by atoms with Crippen molar-refractivity contribution in [3.8, 4) is 0 Å². The molecule has 7 nitrogen and oxygen atoms in total. The van der Waals surface area contributed by atoms with Crippen LogP contribution in [-0.2, 0) is 19.4 Å². The molecule has 19 heavy (non-hydrogen) atoms. The fraction of sp³-hybridized carbons (Fsp3) is 0.600. The van der Waals surface area contributed by atoms with Crippen LogP contribution in [0.25, 0.3) is 0 Å². The number of aliphatic hydroxyl groups excluding tert-OH is 1. The van der Waals surface area contributed by atoms with Crippen LogP contribution >= 0.6 is 0 Å². The maximum absolute atomic E-state index is 12.2. The summed E-state index contributed by atoms with van der Waals surface area (Å²) in [4.78, 5) is 23.4. The molecule has 2 aliphatic rings. The first-order valence-electron chi connectivity index (χ1n) is 5.31. The molecule has 0 spiro atoms. The predicted molar refractivity (Wildman–Crippen MR) is 57.6 cm³/mol. The molecule has 0 unspecified atom stereocenters. The number of carboxylic acids is 1. The van der Waals surface area contributed by atoms with Crippen molar-refractivity contribution in [2.45, 2.75) is 29.5 Å². The molecule has 100 valence electrons. The molecule has 0 aromatic heterocycles. The molecule has 2 fully saturated rings. The molecular formula is C10H12NNaO6S. The molecule has 2 rings (SSSR count). The van der Waals surface area contributed by atoms with Crippen LogP contribution in [0.1, 0.15) is 13.3 Å². The Morgan fingerprint density at radius 2 is 2.21 bits per heavy atom. The van der Waals surface area contributed by atoms with E-state index in [1.165, 1.54) is 6.92 Å². The molecule has 0 aliphatic carbocycles. The van der Waals surface area contributed by atoms with E-state index < -0.39 is 44.5 Å². The summed E-state index contributed by atoms with van der Waals surface area (Å²) in [6, 6.07) is -1.54. The van der Waals surface area contributed by atoms with Crippen LogP contribution in [-0.4, -0.2) is 53.1 Å². The van der Waals surface area contributed by atoms with Gasteiger partial charge in [-0.1, -0.05) is 12.2 Å². The van der Waals surface area contributed by atoms with Crippen molar-refractivity contribution in [3.63, 3.8) is 0 Å². The van der Waals surface area contributed by atoms with E-state index in [1.54, 1.807) is 0 Å². The topological polar surface area (TPSA) is 115 Å². The van der Waals surface area contributed by atoms with E-state index in [-0.39, 0.29) is 36.0 Å². The second-order valence-electron chi connectivity index (χ2n) is 4.50. The van der Waals surface area contributed by atoms with Gasteiger partial charge < -0.3 is 19.9 Å². The minimum absolute atomic E-state index is 0. The number of carbonyl (C=O) groups is 2. The van der Waals surface area contributed by atoms with Crippen LogP contribution in [0, 0.1) is 0 Å². The smallest absolute Gasteiger partial charge is 0.548 e. The average molecular weight is 297 g/mol. The van der Waals surface area contributed by atoms with E-state index in [0.717, 1.165) is 17.1 Å². The number of amides is 1. The maximum Gasteiger partial charge on any atom is 1.00 e.